The van der Waals surface area contributed by atoms with Gasteiger partial charge in [0.15, 0.2) is 12.0 Å². The van der Waals surface area contributed by atoms with Gasteiger partial charge in [0.2, 0.25) is 0 Å². The molecule has 0 bridgehead atoms. The molecule has 13 heteroatoms. The molecule has 1 aromatic heterocycles. The fourth-order valence-corrected chi connectivity index (χ4v) is 2.15. The molecule has 26 heavy (non-hydrogen) atoms. The third-order valence-corrected chi connectivity index (χ3v) is 3.47. The van der Waals surface area contributed by atoms with Gasteiger partial charge in [-0.2, -0.15) is 4.98 Å². The summed E-state index contributed by atoms with van der Waals surface area (Å²) in [5, 5.41) is 37.5. The van der Waals surface area contributed by atoms with Crippen molar-refractivity contribution in [2.45, 2.75) is 37.0 Å². The van der Waals surface area contributed by atoms with Crippen molar-refractivity contribution < 1.29 is 41.0 Å². The Balaban J connectivity index is 2.12. The molecule has 2 heterocycles. The van der Waals surface area contributed by atoms with Crippen LogP contribution in [0.4, 0.5) is 5.82 Å². The van der Waals surface area contributed by atoms with Crippen LogP contribution in [0.3, 0.4) is 0 Å². The van der Waals surface area contributed by atoms with Gasteiger partial charge >= 0.3 is 17.6 Å². The highest BCUT2D eigenvalue weighted by molar-refractivity contribution is 5.81. The number of nitrogens with one attached hydrogen (secondary N) is 1. The molecule has 0 aliphatic carbocycles. The van der Waals surface area contributed by atoms with E-state index in [1.165, 1.54) is 0 Å². The third kappa shape index (κ3) is 4.33. The number of ether oxygens (including phenoxy) is 2. The molecule has 144 valence electrons. The number of esters is 1. The number of nitrogens with zero attached hydrogens (tertiary/aromatic N) is 2. The van der Waals surface area contributed by atoms with Crippen LogP contribution in [-0.2, 0) is 19.1 Å². The second-order valence-electron chi connectivity index (χ2n) is 5.34. The Bertz CT molecular complexity index is 774. The van der Waals surface area contributed by atoms with E-state index in [-0.39, 0.29) is 5.82 Å². The zero-order valence-corrected chi connectivity index (χ0v) is 13.2. The Morgan fingerprint density at radius 1 is 1.50 bits per heavy atom. The number of nitrogens with two attached hydrogens (primary N) is 1. The highest BCUT2D eigenvalue weighted by Gasteiger charge is 2.44. The van der Waals surface area contributed by atoms with Crippen LogP contribution in [0.5, 0.6) is 0 Å². The number of hydrogen-bond donors (Lipinski definition) is 6. The number of aliphatic carboxylic acids is 1. The molecule has 1 aromatic rings. The van der Waals surface area contributed by atoms with Crippen molar-refractivity contribution in [3.63, 3.8) is 0 Å². The van der Waals surface area contributed by atoms with E-state index >= 15 is 0 Å². The van der Waals surface area contributed by atoms with Gasteiger partial charge in [-0.3, -0.25) is 24.8 Å². The number of aromatic nitrogens is 2. The van der Waals surface area contributed by atoms with Crippen molar-refractivity contribution in [3.05, 3.63) is 22.7 Å². The zero-order chi connectivity index (χ0) is 20.4. The molecular weight excluding hydrogens is 356 g/mol. The number of carboxylic acids is 1. The van der Waals surface area contributed by atoms with E-state index in [1.54, 1.807) is 5.48 Å². The van der Waals surface area contributed by atoms with Gasteiger partial charge in [-0.15, -0.1) is 0 Å². The van der Waals surface area contributed by atoms with Crippen molar-refractivity contribution in [2.24, 2.45) is 5.73 Å². The maximum atomic E-state index is 12.0. The molecule has 5 atom stereocenters. The van der Waals surface area contributed by atoms with E-state index in [2.05, 4.69) is 4.98 Å². The van der Waals surface area contributed by atoms with Crippen LogP contribution in [-0.4, -0.2) is 73.0 Å². The van der Waals surface area contributed by atoms with Crippen LogP contribution in [0.25, 0.3) is 0 Å². The number of aliphatic hydroxyl groups is 2. The fraction of sp³-hybridized carbons (Fsp3) is 0.538. The molecule has 13 nitrogen and oxygen atoms in total. The summed E-state index contributed by atoms with van der Waals surface area (Å²) in [5.74, 6) is -2.61. The maximum Gasteiger partial charge on any atom is 0.351 e. The zero-order valence-electron chi connectivity index (χ0n) is 14.2. The number of carboxylic acid groups (broad SMARTS) is 1. The molecule has 2 rings (SSSR count). The maximum absolute atomic E-state index is 12.0. The van der Waals surface area contributed by atoms with Crippen LogP contribution >= 0.6 is 0 Å². The number of hydrogen-bond acceptors (Lipinski definition) is 11. The van der Waals surface area contributed by atoms with E-state index in [9.17, 15) is 24.6 Å². The molecule has 0 amide bonds. The predicted octanol–water partition coefficient (Wildman–Crippen LogP) is -2.99. The summed E-state index contributed by atoms with van der Waals surface area (Å²) in [5.41, 5.74) is 5.89. The monoisotopic (exact) mass is 375 g/mol. The minimum absolute atomic E-state index is 0.217. The number of rotatable bonds is 7. The van der Waals surface area contributed by atoms with Gasteiger partial charge in [-0.05, 0) is 6.07 Å². The van der Waals surface area contributed by atoms with Gasteiger partial charge in [0, 0.05) is 6.20 Å². The lowest BCUT2D eigenvalue weighted by atomic mass is 10.1. The predicted molar refractivity (Wildman–Crippen MR) is 81.0 cm³/mol. The van der Waals surface area contributed by atoms with E-state index < -0.39 is 61.2 Å². The van der Waals surface area contributed by atoms with E-state index in [4.69, 9.17) is 26.9 Å². The highest BCUT2D eigenvalue weighted by Crippen LogP contribution is 2.28. The average Bonchev–Trinajstić information content (AvgIpc) is 2.83. The van der Waals surface area contributed by atoms with E-state index in [1.807, 2.05) is 0 Å². The van der Waals surface area contributed by atoms with Crippen molar-refractivity contribution in [1.82, 2.24) is 9.55 Å². The minimum Gasteiger partial charge on any atom is -0.481 e. The Morgan fingerprint density at radius 3 is 2.77 bits per heavy atom. The quantitative estimate of drug-likeness (QED) is 0.208. The summed E-state index contributed by atoms with van der Waals surface area (Å²) in [6.07, 6.45) is -7.20. The van der Waals surface area contributed by atoms with Crippen LogP contribution < -0.4 is 16.9 Å². The van der Waals surface area contributed by atoms with Gasteiger partial charge in [0.05, 0.1) is 7.79 Å². The van der Waals surface area contributed by atoms with E-state index in [0.29, 0.717) is 4.57 Å². The smallest absolute Gasteiger partial charge is 0.351 e. The molecule has 0 aromatic carbocycles. The Labute approximate surface area is 146 Å². The molecule has 1 saturated heterocycles. The second kappa shape index (κ2) is 8.20. The first-order chi connectivity index (χ1) is 12.6. The normalized spacial score (nSPS) is 29.7. The molecule has 1 aliphatic heterocycles. The Kier molecular flexibility index (Phi) is 5.75. The average molecular weight is 375 g/mol. The van der Waals surface area contributed by atoms with Crippen LogP contribution in [0.15, 0.2) is 17.1 Å². The largest absolute Gasteiger partial charge is 0.481 e. The van der Waals surface area contributed by atoms with Gasteiger partial charge in [0.1, 0.15) is 31.0 Å². The molecule has 7 N–H and O–H groups in total. The van der Waals surface area contributed by atoms with Gasteiger partial charge in [-0.25, -0.2) is 4.79 Å². The molecular formula is C13H18N4O9. The number of aliphatic hydroxyl groups excluding tert-OH is 2. The molecule has 0 unspecified atom stereocenters. The first-order valence-electron chi connectivity index (χ1n) is 7.78. The summed E-state index contributed by atoms with van der Waals surface area (Å²) in [6, 6.07) is -0.338. The standard InChI is InChI=1S/C13H18N4O9/c14-5(3-8(18)19)12(22)25-4-6-9(20)10(21)11(26-6)17-2-1-7(16-24)15-13(17)23/h1-2,5-6,9-11,20-21,24H,3-4,14H2,(H,18,19)(H,15,16,23)/t5-,6-,9-,10-,11-/m1/s1/i11D. The van der Waals surface area contributed by atoms with Crippen molar-refractivity contribution in [1.29, 1.82) is 0 Å². The molecule has 1 fully saturated rings. The minimum atomic E-state index is -2.49. The summed E-state index contributed by atoms with van der Waals surface area (Å²) >= 11 is 0. The second-order valence-corrected chi connectivity index (χ2v) is 5.34. The summed E-state index contributed by atoms with van der Waals surface area (Å²) in [4.78, 5) is 37.5. The number of anilines is 1. The van der Waals surface area contributed by atoms with Crippen LogP contribution in [0, 0.1) is 0 Å². The molecule has 0 radical (unpaired) electrons. The van der Waals surface area contributed by atoms with Crippen LogP contribution in [0.2, 0.25) is 0 Å². The molecule has 0 saturated carbocycles. The van der Waals surface area contributed by atoms with Gasteiger partial charge in [0.25, 0.3) is 0 Å². The van der Waals surface area contributed by atoms with Crippen molar-refractivity contribution in [3.8, 4) is 0 Å². The fourth-order valence-electron chi connectivity index (χ4n) is 2.15. The summed E-state index contributed by atoms with van der Waals surface area (Å²) < 4.78 is 18.7. The van der Waals surface area contributed by atoms with Crippen molar-refractivity contribution >= 4 is 17.8 Å². The lowest BCUT2D eigenvalue weighted by Crippen LogP contribution is -2.39. The molecule has 0 spiro atoms. The lowest BCUT2D eigenvalue weighted by molar-refractivity contribution is -0.154. The van der Waals surface area contributed by atoms with E-state index in [0.717, 1.165) is 12.3 Å². The molecule has 1 aliphatic rings. The topological polar surface area (TPSA) is 206 Å². The number of carbonyl (C=O) groups excluding carboxylic acids is 1. The summed E-state index contributed by atoms with van der Waals surface area (Å²) in [6.45, 7) is -0.649. The van der Waals surface area contributed by atoms with Crippen LogP contribution in [0.1, 0.15) is 14.0 Å². The Morgan fingerprint density at radius 2 is 2.19 bits per heavy atom. The SMILES string of the molecule is [2H][C@@]1(n2ccc(NO)nc2=O)O[C@H](COC(=O)[C@H](N)CC(=O)O)[C@@H](O)[C@H]1O. The van der Waals surface area contributed by atoms with Crippen molar-refractivity contribution in [2.75, 3.05) is 12.1 Å². The third-order valence-electron chi connectivity index (χ3n) is 3.47. The van der Waals surface area contributed by atoms with Gasteiger partial charge < -0.3 is 30.5 Å². The Hall–Kier alpha value is -2.58. The lowest BCUT2D eigenvalue weighted by Gasteiger charge is -2.17. The first-order valence-corrected chi connectivity index (χ1v) is 7.28. The summed E-state index contributed by atoms with van der Waals surface area (Å²) in [7, 11) is 0. The first kappa shape index (κ1) is 18.2. The number of carbonyl (C=O) groups is 2. The highest BCUT2D eigenvalue weighted by atomic mass is 16.6. The van der Waals surface area contributed by atoms with Gasteiger partial charge in [-0.1, -0.05) is 0 Å².